The molecule has 1 aliphatic carbocycles. The van der Waals surface area contributed by atoms with Gasteiger partial charge in [0.05, 0.1) is 10.5 Å². The number of amides is 1. The second-order valence-electron chi connectivity index (χ2n) is 6.28. The zero-order chi connectivity index (χ0) is 19.7. The van der Waals surface area contributed by atoms with Crippen LogP contribution in [-0.4, -0.2) is 14.3 Å². The van der Waals surface area contributed by atoms with Gasteiger partial charge < -0.3 is 5.32 Å². The lowest BCUT2D eigenvalue weighted by molar-refractivity contribution is -0.139. The molecule has 144 valence electrons. The van der Waals surface area contributed by atoms with Crippen molar-refractivity contribution in [2.24, 2.45) is 5.92 Å². The maximum Gasteiger partial charge on any atom is 0.417 e. The highest BCUT2D eigenvalue weighted by molar-refractivity contribution is 7.89. The maximum atomic E-state index is 13.0. The topological polar surface area (TPSA) is 75.3 Å². The van der Waals surface area contributed by atoms with E-state index in [1.54, 1.807) is 24.3 Å². The summed E-state index contributed by atoms with van der Waals surface area (Å²) in [5.41, 5.74) is -0.0796. The SMILES string of the molecule is O=C(Nc1ccc(CNS(=O)(=O)c2ccccc2C(F)(F)F)cc1)C1CC1. The van der Waals surface area contributed by atoms with Crippen molar-refractivity contribution in [1.82, 2.24) is 4.72 Å². The Hall–Kier alpha value is -2.39. The molecule has 9 heteroatoms. The van der Waals surface area contributed by atoms with E-state index in [1.165, 1.54) is 6.07 Å². The summed E-state index contributed by atoms with van der Waals surface area (Å²) in [4.78, 5) is 10.9. The summed E-state index contributed by atoms with van der Waals surface area (Å²) >= 11 is 0. The minimum absolute atomic E-state index is 0.0489. The molecular formula is C18H17F3N2O3S. The molecule has 0 radical (unpaired) electrons. The van der Waals surface area contributed by atoms with Crippen molar-refractivity contribution >= 4 is 21.6 Å². The zero-order valence-corrected chi connectivity index (χ0v) is 14.9. The standard InChI is InChI=1S/C18H17F3N2O3S/c19-18(20,21)15-3-1-2-4-16(15)27(25,26)22-11-12-5-9-14(10-6-12)23-17(24)13-7-8-13/h1-6,9-10,13,22H,7-8,11H2,(H,23,24). The lowest BCUT2D eigenvalue weighted by Crippen LogP contribution is -2.26. The number of carbonyl (C=O) groups is 1. The monoisotopic (exact) mass is 398 g/mol. The first-order valence-electron chi connectivity index (χ1n) is 8.22. The summed E-state index contributed by atoms with van der Waals surface area (Å²) in [5, 5.41) is 2.75. The Balaban J connectivity index is 1.68. The van der Waals surface area contributed by atoms with E-state index < -0.39 is 26.7 Å². The van der Waals surface area contributed by atoms with Gasteiger partial charge in [-0.3, -0.25) is 4.79 Å². The van der Waals surface area contributed by atoms with Crippen molar-refractivity contribution < 1.29 is 26.4 Å². The number of rotatable bonds is 6. The van der Waals surface area contributed by atoms with Gasteiger partial charge in [0.15, 0.2) is 0 Å². The third-order valence-electron chi connectivity index (χ3n) is 4.12. The zero-order valence-electron chi connectivity index (χ0n) is 14.1. The summed E-state index contributed by atoms with van der Waals surface area (Å²) in [5.74, 6) is 0.0115. The van der Waals surface area contributed by atoms with Crippen molar-refractivity contribution in [2.45, 2.75) is 30.5 Å². The van der Waals surface area contributed by atoms with E-state index in [-0.39, 0.29) is 18.4 Å². The summed E-state index contributed by atoms with van der Waals surface area (Å²) in [6.07, 6.45) is -3.01. The normalized spacial score (nSPS) is 14.8. The molecule has 5 nitrogen and oxygen atoms in total. The van der Waals surface area contributed by atoms with Gasteiger partial charge in [-0.1, -0.05) is 24.3 Å². The number of halogens is 3. The fourth-order valence-corrected chi connectivity index (χ4v) is 3.73. The fourth-order valence-electron chi connectivity index (χ4n) is 2.49. The van der Waals surface area contributed by atoms with Crippen molar-refractivity contribution in [2.75, 3.05) is 5.32 Å². The average molecular weight is 398 g/mol. The summed E-state index contributed by atoms with van der Waals surface area (Å²) in [6, 6.07) is 10.5. The lowest BCUT2D eigenvalue weighted by atomic mass is 10.2. The minimum atomic E-state index is -4.77. The lowest BCUT2D eigenvalue weighted by Gasteiger charge is -2.14. The number of sulfonamides is 1. The minimum Gasteiger partial charge on any atom is -0.326 e. The molecule has 2 aromatic rings. The van der Waals surface area contributed by atoms with Crippen LogP contribution < -0.4 is 10.0 Å². The first-order chi connectivity index (χ1) is 12.7. The molecule has 2 N–H and O–H groups in total. The Morgan fingerprint density at radius 3 is 2.26 bits per heavy atom. The van der Waals surface area contributed by atoms with Crippen molar-refractivity contribution in [3.05, 3.63) is 59.7 Å². The predicted molar refractivity (Wildman–Crippen MR) is 93.3 cm³/mol. The van der Waals surface area contributed by atoms with E-state index in [9.17, 15) is 26.4 Å². The van der Waals surface area contributed by atoms with Crippen LogP contribution in [0.4, 0.5) is 18.9 Å². The molecule has 0 atom stereocenters. The van der Waals surface area contributed by atoms with Crippen LogP contribution in [0, 0.1) is 5.92 Å². The highest BCUT2D eigenvalue weighted by atomic mass is 32.2. The number of alkyl halides is 3. The quantitative estimate of drug-likeness (QED) is 0.782. The van der Waals surface area contributed by atoms with Crippen LogP contribution in [0.2, 0.25) is 0 Å². The van der Waals surface area contributed by atoms with Gasteiger partial charge in [0.1, 0.15) is 0 Å². The number of anilines is 1. The molecule has 0 spiro atoms. The first-order valence-corrected chi connectivity index (χ1v) is 9.71. The average Bonchev–Trinajstić information content (AvgIpc) is 3.46. The third kappa shape index (κ3) is 4.86. The van der Waals surface area contributed by atoms with Gasteiger partial charge in [-0.15, -0.1) is 0 Å². The van der Waals surface area contributed by atoms with E-state index in [0.29, 0.717) is 11.3 Å². The maximum absolute atomic E-state index is 13.0. The largest absolute Gasteiger partial charge is 0.417 e. The van der Waals surface area contributed by atoms with E-state index in [4.69, 9.17) is 0 Å². The van der Waals surface area contributed by atoms with Gasteiger partial charge in [0.25, 0.3) is 0 Å². The first kappa shape index (κ1) is 19.4. The van der Waals surface area contributed by atoms with Crippen LogP contribution in [0.5, 0.6) is 0 Å². The number of benzene rings is 2. The molecule has 1 amide bonds. The Morgan fingerprint density at radius 2 is 1.67 bits per heavy atom. The van der Waals surface area contributed by atoms with Crippen LogP contribution in [0.1, 0.15) is 24.0 Å². The molecule has 0 bridgehead atoms. The van der Waals surface area contributed by atoms with E-state index >= 15 is 0 Å². The summed E-state index contributed by atoms with van der Waals surface area (Å²) in [7, 11) is -4.34. The molecule has 1 fully saturated rings. The molecule has 3 rings (SSSR count). The highest BCUT2D eigenvalue weighted by Gasteiger charge is 2.36. The summed E-state index contributed by atoms with van der Waals surface area (Å²) in [6.45, 7) is -0.175. The van der Waals surface area contributed by atoms with Crippen LogP contribution >= 0.6 is 0 Å². The van der Waals surface area contributed by atoms with Crippen LogP contribution in [0.15, 0.2) is 53.4 Å². The van der Waals surface area contributed by atoms with Gasteiger partial charge in [0.2, 0.25) is 15.9 Å². The van der Waals surface area contributed by atoms with Gasteiger partial charge in [-0.25, -0.2) is 13.1 Å². The number of hydrogen-bond acceptors (Lipinski definition) is 3. The van der Waals surface area contributed by atoms with E-state index in [1.807, 2.05) is 0 Å². The van der Waals surface area contributed by atoms with Gasteiger partial charge >= 0.3 is 6.18 Å². The molecule has 0 aliphatic heterocycles. The number of carbonyl (C=O) groups excluding carboxylic acids is 1. The van der Waals surface area contributed by atoms with Gasteiger partial charge in [-0.05, 0) is 42.7 Å². The van der Waals surface area contributed by atoms with Crippen LogP contribution in [-0.2, 0) is 27.5 Å². The molecular weight excluding hydrogens is 381 g/mol. The Bertz CT molecular complexity index is 937. The Morgan fingerprint density at radius 1 is 1.04 bits per heavy atom. The van der Waals surface area contributed by atoms with Crippen LogP contribution in [0.25, 0.3) is 0 Å². The molecule has 1 aliphatic rings. The molecule has 1 saturated carbocycles. The van der Waals surface area contributed by atoms with Crippen molar-refractivity contribution in [1.29, 1.82) is 0 Å². The van der Waals surface area contributed by atoms with E-state index in [0.717, 1.165) is 31.0 Å². The van der Waals surface area contributed by atoms with Crippen molar-refractivity contribution in [3.63, 3.8) is 0 Å². The molecule has 0 saturated heterocycles. The highest BCUT2D eigenvalue weighted by Crippen LogP contribution is 2.34. The van der Waals surface area contributed by atoms with Gasteiger partial charge in [-0.2, -0.15) is 13.2 Å². The Kier molecular flexibility index (Phi) is 5.25. The summed E-state index contributed by atoms with van der Waals surface area (Å²) < 4.78 is 65.9. The van der Waals surface area contributed by atoms with Crippen molar-refractivity contribution in [3.8, 4) is 0 Å². The number of hydrogen-bond donors (Lipinski definition) is 2. The molecule has 2 aromatic carbocycles. The number of nitrogens with one attached hydrogen (secondary N) is 2. The second-order valence-corrected chi connectivity index (χ2v) is 8.01. The van der Waals surface area contributed by atoms with E-state index in [2.05, 4.69) is 10.0 Å². The smallest absolute Gasteiger partial charge is 0.326 e. The molecule has 0 heterocycles. The molecule has 0 unspecified atom stereocenters. The second kappa shape index (κ2) is 7.32. The molecule has 27 heavy (non-hydrogen) atoms. The predicted octanol–water partition coefficient (Wildman–Crippen LogP) is 3.53. The van der Waals surface area contributed by atoms with Crippen LogP contribution in [0.3, 0.4) is 0 Å². The van der Waals surface area contributed by atoms with Gasteiger partial charge in [0, 0.05) is 18.2 Å². The molecule has 0 aromatic heterocycles. The Labute approximate surface area is 154 Å². The third-order valence-corrected chi connectivity index (χ3v) is 5.58. The fraction of sp³-hybridized carbons (Fsp3) is 0.278.